The fourth-order valence-electron chi connectivity index (χ4n) is 1.11. The Balaban J connectivity index is 2.70. The van der Waals surface area contributed by atoms with Crippen molar-refractivity contribution in [2.75, 3.05) is 0 Å². The molecule has 4 heteroatoms. The Labute approximate surface area is 69.2 Å². The number of halogens is 1. The van der Waals surface area contributed by atoms with E-state index in [0.29, 0.717) is 5.88 Å². The van der Waals surface area contributed by atoms with Crippen LogP contribution in [0.25, 0.3) is 5.65 Å². The van der Waals surface area contributed by atoms with Gasteiger partial charge in [0, 0.05) is 25.5 Å². The summed E-state index contributed by atoms with van der Waals surface area (Å²) in [6.07, 6.45) is 3.87. The van der Waals surface area contributed by atoms with Gasteiger partial charge in [-0.2, -0.15) is 5.10 Å². The van der Waals surface area contributed by atoms with Crippen LogP contribution in [0.4, 0.5) is 0 Å². The molecule has 58 valence electrons. The van der Waals surface area contributed by atoms with Crippen LogP contribution in [-0.2, 0) is 12.9 Å². The number of rotatable bonds is 1. The lowest BCUT2D eigenvalue weighted by Crippen LogP contribution is -1.84. The van der Waals surface area contributed by atoms with Gasteiger partial charge in [-0.3, -0.25) is 0 Å². The van der Waals surface area contributed by atoms with Gasteiger partial charge in [-0.25, -0.2) is 4.52 Å². The average molecular weight is 170 g/mol. The van der Waals surface area contributed by atoms with Crippen LogP contribution >= 0.6 is 11.6 Å². The molecule has 2 rings (SSSR count). The summed E-state index contributed by atoms with van der Waals surface area (Å²) in [7, 11) is 1.98. The van der Waals surface area contributed by atoms with E-state index in [4.69, 9.17) is 11.6 Å². The largest absolute Gasteiger partial charge is 0.334 e. The van der Waals surface area contributed by atoms with E-state index in [1.165, 1.54) is 0 Å². The van der Waals surface area contributed by atoms with Crippen LogP contribution in [-0.4, -0.2) is 14.2 Å². The van der Waals surface area contributed by atoms with Crippen LogP contribution in [0.5, 0.6) is 0 Å². The molecule has 0 saturated carbocycles. The summed E-state index contributed by atoms with van der Waals surface area (Å²) in [4.78, 5) is 0. The quantitative estimate of drug-likeness (QED) is 0.592. The Bertz CT molecular complexity index is 374. The summed E-state index contributed by atoms with van der Waals surface area (Å²) in [5, 5.41) is 4.22. The lowest BCUT2D eigenvalue weighted by molar-refractivity contribution is 0.914. The Morgan fingerprint density at radius 2 is 2.36 bits per heavy atom. The molecule has 0 unspecified atom stereocenters. The highest BCUT2D eigenvalue weighted by molar-refractivity contribution is 6.16. The molecule has 3 nitrogen and oxygen atoms in total. The molecule has 0 aliphatic carbocycles. The number of aryl methyl sites for hydroxylation is 1. The van der Waals surface area contributed by atoms with Crippen LogP contribution in [0, 0.1) is 0 Å². The zero-order valence-corrected chi connectivity index (χ0v) is 6.91. The van der Waals surface area contributed by atoms with Gasteiger partial charge >= 0.3 is 0 Å². The van der Waals surface area contributed by atoms with Gasteiger partial charge in [0.05, 0.1) is 11.6 Å². The van der Waals surface area contributed by atoms with Crippen LogP contribution in [0.3, 0.4) is 0 Å². The highest BCUT2D eigenvalue weighted by Crippen LogP contribution is 2.07. The third-order valence-electron chi connectivity index (χ3n) is 1.70. The van der Waals surface area contributed by atoms with Crippen molar-refractivity contribution in [2.45, 2.75) is 5.88 Å². The summed E-state index contributed by atoms with van der Waals surface area (Å²) in [6.45, 7) is 0. The van der Waals surface area contributed by atoms with Gasteiger partial charge in [-0.15, -0.1) is 11.6 Å². The van der Waals surface area contributed by atoms with Gasteiger partial charge in [-0.1, -0.05) is 0 Å². The van der Waals surface area contributed by atoms with Crippen LogP contribution in [0.2, 0.25) is 0 Å². The van der Waals surface area contributed by atoms with E-state index in [9.17, 15) is 0 Å². The maximum absolute atomic E-state index is 5.62. The lowest BCUT2D eigenvalue weighted by atomic mass is 10.5. The van der Waals surface area contributed by atoms with Gasteiger partial charge in [-0.05, 0) is 0 Å². The minimum Gasteiger partial charge on any atom is -0.334 e. The summed E-state index contributed by atoms with van der Waals surface area (Å²) >= 11 is 5.62. The molecule has 0 atom stereocenters. The van der Waals surface area contributed by atoms with Gasteiger partial charge in [0.2, 0.25) is 0 Å². The van der Waals surface area contributed by atoms with Crippen LogP contribution in [0.1, 0.15) is 5.69 Å². The molecule has 0 spiro atoms. The molecule has 0 radical (unpaired) electrons. The average Bonchev–Trinajstić information content (AvgIpc) is 2.53. The molecular formula is C7H8ClN3. The normalized spacial score (nSPS) is 11.1. The van der Waals surface area contributed by atoms with Crippen LogP contribution < -0.4 is 0 Å². The van der Waals surface area contributed by atoms with E-state index < -0.39 is 0 Å². The molecule has 0 aliphatic rings. The molecule has 0 fully saturated rings. The molecule has 11 heavy (non-hydrogen) atoms. The van der Waals surface area contributed by atoms with Crippen molar-refractivity contribution in [1.29, 1.82) is 0 Å². The standard InChI is InChI=1S/C7H8ClN3/c1-10-2-3-11-7(10)4-6(5-8)9-11/h2-4H,5H2,1H3. The minimum absolute atomic E-state index is 0.474. The van der Waals surface area contributed by atoms with Gasteiger partial charge < -0.3 is 4.57 Å². The van der Waals surface area contributed by atoms with Gasteiger partial charge in [0.1, 0.15) is 5.65 Å². The van der Waals surface area contributed by atoms with Gasteiger partial charge in [0.15, 0.2) is 0 Å². The Kier molecular flexibility index (Phi) is 1.39. The molecule has 0 N–H and O–H groups in total. The maximum Gasteiger partial charge on any atom is 0.135 e. The second kappa shape index (κ2) is 2.27. The van der Waals surface area contributed by atoms with Crippen molar-refractivity contribution in [3.63, 3.8) is 0 Å². The number of alkyl halides is 1. The summed E-state index contributed by atoms with van der Waals surface area (Å²) in [5.41, 5.74) is 1.98. The first-order valence-corrected chi connectivity index (χ1v) is 3.90. The zero-order chi connectivity index (χ0) is 7.84. The SMILES string of the molecule is Cn1ccn2nc(CCl)cc12. The molecule has 0 aromatic carbocycles. The molecule has 0 bridgehead atoms. The van der Waals surface area contributed by atoms with E-state index >= 15 is 0 Å². The Morgan fingerprint density at radius 1 is 1.55 bits per heavy atom. The second-order valence-corrected chi connectivity index (χ2v) is 2.75. The first-order chi connectivity index (χ1) is 5.31. The Hall–Kier alpha value is -0.960. The lowest BCUT2D eigenvalue weighted by Gasteiger charge is -1.85. The molecule has 0 amide bonds. The first-order valence-electron chi connectivity index (χ1n) is 3.37. The number of nitrogens with zero attached hydrogens (tertiary/aromatic N) is 3. The number of fused-ring (bicyclic) bond motifs is 1. The number of hydrogen-bond acceptors (Lipinski definition) is 1. The van der Waals surface area contributed by atoms with Crippen LogP contribution in [0.15, 0.2) is 18.5 Å². The highest BCUT2D eigenvalue weighted by Gasteiger charge is 2.01. The summed E-state index contributed by atoms with van der Waals surface area (Å²) in [5.74, 6) is 0.474. The van der Waals surface area contributed by atoms with E-state index in [0.717, 1.165) is 11.3 Å². The highest BCUT2D eigenvalue weighted by atomic mass is 35.5. The predicted molar refractivity (Wildman–Crippen MR) is 43.7 cm³/mol. The molecule has 0 aliphatic heterocycles. The molecular weight excluding hydrogens is 162 g/mol. The van der Waals surface area contributed by atoms with Crippen molar-refractivity contribution in [3.8, 4) is 0 Å². The fraction of sp³-hybridized carbons (Fsp3) is 0.286. The molecule has 0 saturated heterocycles. The Morgan fingerprint density at radius 3 is 3.00 bits per heavy atom. The zero-order valence-electron chi connectivity index (χ0n) is 6.16. The van der Waals surface area contributed by atoms with Crippen molar-refractivity contribution in [1.82, 2.24) is 14.2 Å². The maximum atomic E-state index is 5.62. The summed E-state index contributed by atoms with van der Waals surface area (Å²) in [6, 6.07) is 1.98. The number of imidazole rings is 1. The van der Waals surface area contributed by atoms with Crippen molar-refractivity contribution in [3.05, 3.63) is 24.2 Å². The van der Waals surface area contributed by atoms with Crippen molar-refractivity contribution in [2.24, 2.45) is 7.05 Å². The van der Waals surface area contributed by atoms with E-state index in [1.807, 2.05) is 34.6 Å². The van der Waals surface area contributed by atoms with Crippen molar-refractivity contribution < 1.29 is 0 Å². The van der Waals surface area contributed by atoms with Crippen molar-refractivity contribution >= 4 is 17.2 Å². The number of aromatic nitrogens is 3. The van der Waals surface area contributed by atoms with E-state index in [-0.39, 0.29) is 0 Å². The van der Waals surface area contributed by atoms with E-state index in [2.05, 4.69) is 5.10 Å². The first kappa shape index (κ1) is 6.73. The monoisotopic (exact) mass is 169 g/mol. The topological polar surface area (TPSA) is 22.2 Å². The van der Waals surface area contributed by atoms with E-state index in [1.54, 1.807) is 0 Å². The minimum atomic E-state index is 0.474. The molecule has 2 aromatic rings. The third kappa shape index (κ3) is 0.922. The third-order valence-corrected chi connectivity index (χ3v) is 1.97. The molecule has 2 aromatic heterocycles. The predicted octanol–water partition coefficient (Wildman–Crippen LogP) is 1.41. The smallest absolute Gasteiger partial charge is 0.135 e. The van der Waals surface area contributed by atoms with Gasteiger partial charge in [0.25, 0.3) is 0 Å². The molecule has 2 heterocycles. The fourth-order valence-corrected chi connectivity index (χ4v) is 1.24. The number of hydrogen-bond donors (Lipinski definition) is 0. The summed E-state index contributed by atoms with van der Waals surface area (Å²) < 4.78 is 3.82. The second-order valence-electron chi connectivity index (χ2n) is 2.48.